The van der Waals surface area contributed by atoms with Gasteiger partial charge >= 0.3 is 0 Å². The largest absolute Gasteiger partial charge is 0.376 e. The number of ether oxygens (including phenoxy) is 1. The standard InChI is InChI=1S/C15H26OS2/c1-13(2)11-6-7-14(13,3)15(10-11,16-4)12-17-8-5-9-18-12/h11-12H,5-10H2,1-4H3/t11-,14-,15+/m1/s1. The first-order valence-electron chi connectivity index (χ1n) is 7.26. The van der Waals surface area contributed by atoms with Gasteiger partial charge in [-0.1, -0.05) is 20.8 Å². The second-order valence-electron chi connectivity index (χ2n) is 7.01. The zero-order valence-electron chi connectivity index (χ0n) is 12.1. The third-order valence-electron chi connectivity index (χ3n) is 6.49. The Morgan fingerprint density at radius 1 is 1.11 bits per heavy atom. The summed E-state index contributed by atoms with van der Waals surface area (Å²) < 4.78 is 6.93. The van der Waals surface area contributed by atoms with Gasteiger partial charge in [-0.3, -0.25) is 0 Å². The maximum atomic E-state index is 6.27. The van der Waals surface area contributed by atoms with Crippen LogP contribution in [0, 0.1) is 16.7 Å². The van der Waals surface area contributed by atoms with Crippen LogP contribution in [0.25, 0.3) is 0 Å². The minimum atomic E-state index is 0.120. The van der Waals surface area contributed by atoms with E-state index in [0.29, 0.717) is 15.4 Å². The van der Waals surface area contributed by atoms with Crippen LogP contribution in [-0.4, -0.2) is 28.8 Å². The lowest BCUT2D eigenvalue weighted by Gasteiger charge is -2.52. The Hall–Kier alpha value is 0.660. The summed E-state index contributed by atoms with van der Waals surface area (Å²) in [5.41, 5.74) is 0.929. The van der Waals surface area contributed by atoms with E-state index in [0.717, 1.165) is 5.92 Å². The van der Waals surface area contributed by atoms with Gasteiger partial charge in [0.25, 0.3) is 0 Å². The van der Waals surface area contributed by atoms with E-state index in [-0.39, 0.29) is 5.60 Å². The summed E-state index contributed by atoms with van der Waals surface area (Å²) in [6.07, 6.45) is 5.43. The molecule has 0 unspecified atom stereocenters. The number of methoxy groups -OCH3 is 1. The Morgan fingerprint density at radius 3 is 2.22 bits per heavy atom. The van der Waals surface area contributed by atoms with E-state index in [1.165, 1.54) is 37.2 Å². The van der Waals surface area contributed by atoms with Crippen LogP contribution in [-0.2, 0) is 4.74 Å². The summed E-state index contributed by atoms with van der Waals surface area (Å²) in [5, 5.41) is 0. The summed E-state index contributed by atoms with van der Waals surface area (Å²) in [5.74, 6) is 3.51. The molecule has 0 N–H and O–H groups in total. The molecular formula is C15H26OS2. The zero-order chi connectivity index (χ0) is 13.0. The Morgan fingerprint density at radius 2 is 1.78 bits per heavy atom. The van der Waals surface area contributed by atoms with E-state index in [9.17, 15) is 0 Å². The molecule has 0 aromatic rings. The van der Waals surface area contributed by atoms with Crippen LogP contribution in [0.1, 0.15) is 46.5 Å². The molecular weight excluding hydrogens is 260 g/mol. The molecule has 2 saturated carbocycles. The lowest BCUT2D eigenvalue weighted by atomic mass is 9.65. The number of rotatable bonds is 2. The summed E-state index contributed by atoms with van der Waals surface area (Å²) in [7, 11) is 1.97. The van der Waals surface area contributed by atoms with Crippen molar-refractivity contribution in [2.24, 2.45) is 16.7 Å². The van der Waals surface area contributed by atoms with E-state index in [4.69, 9.17) is 4.74 Å². The van der Waals surface area contributed by atoms with Gasteiger partial charge in [-0.15, -0.1) is 23.5 Å². The zero-order valence-corrected chi connectivity index (χ0v) is 13.8. The fourth-order valence-electron chi connectivity index (χ4n) is 4.82. The predicted molar refractivity (Wildman–Crippen MR) is 82.3 cm³/mol. The summed E-state index contributed by atoms with van der Waals surface area (Å²) in [6.45, 7) is 7.49. The number of fused-ring (bicyclic) bond motifs is 2. The molecule has 3 rings (SSSR count). The van der Waals surface area contributed by atoms with Crippen molar-refractivity contribution in [2.45, 2.75) is 56.6 Å². The fourth-order valence-corrected chi connectivity index (χ4v) is 8.46. The molecule has 104 valence electrons. The minimum absolute atomic E-state index is 0.120. The number of hydrogen-bond donors (Lipinski definition) is 0. The van der Waals surface area contributed by atoms with Gasteiger partial charge in [0.15, 0.2) is 0 Å². The number of hydrogen-bond acceptors (Lipinski definition) is 3. The SMILES string of the molecule is CO[C@]1(C2SCCCS2)C[C@H]2CC[C@]1(C)C2(C)C. The van der Waals surface area contributed by atoms with Gasteiger partial charge in [-0.2, -0.15) is 0 Å². The normalized spacial score (nSPS) is 47.7. The molecule has 3 heteroatoms. The molecule has 1 nitrogen and oxygen atoms in total. The third-order valence-corrected chi connectivity index (χ3v) is 9.72. The van der Waals surface area contributed by atoms with Crippen molar-refractivity contribution >= 4 is 23.5 Å². The lowest BCUT2D eigenvalue weighted by molar-refractivity contribution is -0.105. The first-order chi connectivity index (χ1) is 8.48. The van der Waals surface area contributed by atoms with Gasteiger partial charge in [0.1, 0.15) is 0 Å². The van der Waals surface area contributed by atoms with E-state index in [1.807, 2.05) is 7.11 Å². The van der Waals surface area contributed by atoms with Crippen LogP contribution in [0.15, 0.2) is 0 Å². The molecule has 0 amide bonds. The van der Waals surface area contributed by atoms with Crippen LogP contribution in [0.5, 0.6) is 0 Å². The average Bonchev–Trinajstić information content (AvgIpc) is 2.71. The van der Waals surface area contributed by atoms with Crippen molar-refractivity contribution in [1.82, 2.24) is 0 Å². The van der Waals surface area contributed by atoms with Crippen LogP contribution >= 0.6 is 23.5 Å². The van der Waals surface area contributed by atoms with Crippen LogP contribution in [0.2, 0.25) is 0 Å². The second kappa shape index (κ2) is 4.33. The molecule has 3 fully saturated rings. The molecule has 1 saturated heterocycles. The minimum Gasteiger partial charge on any atom is -0.376 e. The molecule has 1 aliphatic heterocycles. The lowest BCUT2D eigenvalue weighted by Crippen LogP contribution is -2.55. The first-order valence-corrected chi connectivity index (χ1v) is 9.36. The first kappa shape index (κ1) is 13.6. The molecule has 2 bridgehead atoms. The third kappa shape index (κ3) is 1.47. The quantitative estimate of drug-likeness (QED) is 0.744. The van der Waals surface area contributed by atoms with E-state index in [1.54, 1.807) is 0 Å². The highest BCUT2D eigenvalue weighted by molar-refractivity contribution is 8.17. The van der Waals surface area contributed by atoms with Gasteiger partial charge in [0.2, 0.25) is 0 Å². The monoisotopic (exact) mass is 286 g/mol. The smallest absolute Gasteiger partial charge is 0.0948 e. The van der Waals surface area contributed by atoms with Gasteiger partial charge < -0.3 is 4.74 Å². The van der Waals surface area contributed by atoms with Crippen molar-refractivity contribution in [2.75, 3.05) is 18.6 Å². The molecule has 0 aromatic heterocycles. The van der Waals surface area contributed by atoms with Gasteiger partial charge in [-0.25, -0.2) is 0 Å². The van der Waals surface area contributed by atoms with Crippen molar-refractivity contribution in [3.8, 4) is 0 Å². The highest BCUT2D eigenvalue weighted by Gasteiger charge is 2.71. The van der Waals surface area contributed by atoms with E-state index >= 15 is 0 Å². The van der Waals surface area contributed by atoms with Crippen molar-refractivity contribution in [3.05, 3.63) is 0 Å². The van der Waals surface area contributed by atoms with Crippen LogP contribution < -0.4 is 0 Å². The van der Waals surface area contributed by atoms with Crippen LogP contribution in [0.4, 0.5) is 0 Å². The molecule has 3 aliphatic rings. The van der Waals surface area contributed by atoms with Gasteiger partial charge in [-0.05, 0) is 48.5 Å². The highest BCUT2D eigenvalue weighted by Crippen LogP contribution is 2.73. The second-order valence-corrected chi connectivity index (χ2v) is 9.74. The van der Waals surface area contributed by atoms with Crippen molar-refractivity contribution in [1.29, 1.82) is 0 Å². The van der Waals surface area contributed by atoms with Gasteiger partial charge in [0.05, 0.1) is 10.2 Å². The topological polar surface area (TPSA) is 9.23 Å². The molecule has 18 heavy (non-hydrogen) atoms. The highest BCUT2D eigenvalue weighted by atomic mass is 32.2. The maximum absolute atomic E-state index is 6.27. The molecule has 1 heterocycles. The summed E-state index contributed by atoms with van der Waals surface area (Å²) in [4.78, 5) is 0. The van der Waals surface area contributed by atoms with Crippen molar-refractivity contribution in [3.63, 3.8) is 0 Å². The Bertz CT molecular complexity index is 337. The molecule has 2 aliphatic carbocycles. The van der Waals surface area contributed by atoms with E-state index in [2.05, 4.69) is 44.3 Å². The van der Waals surface area contributed by atoms with Crippen LogP contribution in [0.3, 0.4) is 0 Å². The average molecular weight is 287 g/mol. The Labute approximate surface area is 120 Å². The van der Waals surface area contributed by atoms with E-state index < -0.39 is 0 Å². The maximum Gasteiger partial charge on any atom is 0.0948 e. The predicted octanol–water partition coefficient (Wildman–Crippen LogP) is 4.41. The van der Waals surface area contributed by atoms with Crippen molar-refractivity contribution < 1.29 is 4.74 Å². The fraction of sp³-hybridized carbons (Fsp3) is 1.00. The molecule has 0 spiro atoms. The Kier molecular flexibility index (Phi) is 3.28. The molecule has 0 aromatic carbocycles. The van der Waals surface area contributed by atoms with Gasteiger partial charge in [0, 0.05) is 12.5 Å². The summed E-state index contributed by atoms with van der Waals surface area (Å²) >= 11 is 4.32. The molecule has 0 radical (unpaired) electrons. The summed E-state index contributed by atoms with van der Waals surface area (Å²) in [6, 6.07) is 0. The number of thioether (sulfide) groups is 2. The Balaban J connectivity index is 1.98. The molecule has 3 atom stereocenters.